The van der Waals surface area contributed by atoms with Crippen molar-refractivity contribution >= 4 is 34.0 Å². The molecule has 2 aromatic carbocycles. The smallest absolute Gasteiger partial charge is 0.270 e. The lowest BCUT2D eigenvalue weighted by Gasteiger charge is -2.31. The second-order valence-electron chi connectivity index (χ2n) is 7.26. The van der Waals surface area contributed by atoms with Crippen molar-refractivity contribution in [2.45, 2.75) is 19.3 Å². The average Bonchev–Trinajstić information content (AvgIpc) is 2.71. The first-order valence-electron chi connectivity index (χ1n) is 9.36. The van der Waals surface area contributed by atoms with Crippen LogP contribution in [0.1, 0.15) is 40.0 Å². The molecule has 0 aliphatic carbocycles. The van der Waals surface area contributed by atoms with Crippen LogP contribution >= 0.6 is 0 Å². The van der Waals surface area contributed by atoms with Gasteiger partial charge in [-0.05, 0) is 31.3 Å². The number of carbonyl (C=O) groups excluding carboxylic acids is 2. The lowest BCUT2D eigenvalue weighted by molar-refractivity contribution is -0.385. The van der Waals surface area contributed by atoms with Crippen LogP contribution in [0.3, 0.4) is 0 Å². The Kier molecular flexibility index (Phi) is 4.71. The van der Waals surface area contributed by atoms with Crippen LogP contribution in [-0.2, 0) is 0 Å². The molecule has 4 rings (SSSR count). The number of amides is 2. The molecule has 0 atom stereocenters. The Bertz CT molecular complexity index is 992. The van der Waals surface area contributed by atoms with Crippen LogP contribution in [0.2, 0.25) is 0 Å². The normalized spacial score (nSPS) is 17.0. The highest BCUT2D eigenvalue weighted by molar-refractivity contribution is 6.26. The summed E-state index contributed by atoms with van der Waals surface area (Å²) in [6, 6.07) is 4.58. The average molecular weight is 398 g/mol. The van der Waals surface area contributed by atoms with E-state index in [0.29, 0.717) is 6.54 Å². The SMILES string of the molecule is O=C1c2cc([N+](=O)[O-])cc3cc([N+](=O)[O-])cc(c23)C(=O)N1CCN1CCCCC1. The Morgan fingerprint density at radius 3 is 1.79 bits per heavy atom. The van der Waals surface area contributed by atoms with Gasteiger partial charge in [-0.15, -0.1) is 0 Å². The van der Waals surface area contributed by atoms with Crippen molar-refractivity contribution in [3.63, 3.8) is 0 Å². The summed E-state index contributed by atoms with van der Waals surface area (Å²) in [5.74, 6) is -1.22. The molecule has 2 aliphatic heterocycles. The molecule has 2 aliphatic rings. The molecule has 0 aromatic heterocycles. The highest BCUT2D eigenvalue weighted by atomic mass is 16.6. The number of nitrogens with zero attached hydrogens (tertiary/aromatic N) is 4. The van der Waals surface area contributed by atoms with Crippen molar-refractivity contribution in [3.05, 3.63) is 55.6 Å². The molecule has 0 spiro atoms. The molecule has 1 saturated heterocycles. The molecule has 150 valence electrons. The number of carbonyl (C=O) groups is 2. The Labute approximate surface area is 165 Å². The summed E-state index contributed by atoms with van der Waals surface area (Å²) in [6.45, 7) is 2.41. The van der Waals surface area contributed by atoms with Gasteiger partial charge in [0.2, 0.25) is 0 Å². The quantitative estimate of drug-likeness (QED) is 0.430. The predicted octanol–water partition coefficient (Wildman–Crippen LogP) is 2.74. The molecule has 2 heterocycles. The van der Waals surface area contributed by atoms with Gasteiger partial charge in [0.25, 0.3) is 23.2 Å². The first kappa shape index (κ1) is 18.9. The number of nitro benzene ring substituents is 2. The lowest BCUT2D eigenvalue weighted by atomic mass is 9.92. The van der Waals surface area contributed by atoms with E-state index in [-0.39, 0.29) is 39.8 Å². The third-order valence-electron chi connectivity index (χ3n) is 5.48. The number of piperidine rings is 1. The summed E-state index contributed by atoms with van der Waals surface area (Å²) >= 11 is 0. The van der Waals surface area contributed by atoms with Crippen LogP contribution in [0.4, 0.5) is 11.4 Å². The van der Waals surface area contributed by atoms with Crippen molar-refractivity contribution in [1.82, 2.24) is 9.80 Å². The maximum atomic E-state index is 13.0. The second kappa shape index (κ2) is 7.21. The van der Waals surface area contributed by atoms with Gasteiger partial charge in [-0.25, -0.2) is 0 Å². The Balaban J connectivity index is 1.79. The minimum Gasteiger partial charge on any atom is -0.302 e. The molecular formula is C19H18N4O6. The molecule has 10 nitrogen and oxygen atoms in total. The van der Waals surface area contributed by atoms with Crippen LogP contribution in [0.25, 0.3) is 10.8 Å². The van der Waals surface area contributed by atoms with Crippen molar-refractivity contribution in [2.75, 3.05) is 26.2 Å². The van der Waals surface area contributed by atoms with Crippen molar-refractivity contribution < 1.29 is 19.4 Å². The summed E-state index contributed by atoms with van der Waals surface area (Å²) in [4.78, 5) is 50.5. The number of likely N-dealkylation sites (tertiary alicyclic amines) is 1. The van der Waals surface area contributed by atoms with E-state index in [2.05, 4.69) is 4.90 Å². The standard InChI is InChI=1S/C19H18N4O6/c24-18-15-10-13(22(26)27)8-12-9-14(23(28)29)11-16(17(12)15)19(25)21(18)7-6-20-4-2-1-3-5-20/h8-11H,1-7H2. The second-order valence-corrected chi connectivity index (χ2v) is 7.26. The Morgan fingerprint density at radius 2 is 1.31 bits per heavy atom. The predicted molar refractivity (Wildman–Crippen MR) is 103 cm³/mol. The van der Waals surface area contributed by atoms with Gasteiger partial charge in [0.15, 0.2) is 0 Å². The minimum atomic E-state index is -0.657. The van der Waals surface area contributed by atoms with Crippen LogP contribution < -0.4 is 0 Å². The van der Waals surface area contributed by atoms with Crippen molar-refractivity contribution in [2.24, 2.45) is 0 Å². The molecule has 0 saturated carbocycles. The fourth-order valence-corrected chi connectivity index (χ4v) is 4.04. The minimum absolute atomic E-state index is 0.0253. The van der Waals surface area contributed by atoms with Gasteiger partial charge >= 0.3 is 0 Å². The fraction of sp³-hybridized carbons (Fsp3) is 0.368. The van der Waals surface area contributed by atoms with Gasteiger partial charge in [-0.2, -0.15) is 0 Å². The van der Waals surface area contributed by atoms with Gasteiger partial charge in [-0.1, -0.05) is 6.42 Å². The number of nitro groups is 2. The first-order chi connectivity index (χ1) is 13.9. The van der Waals surface area contributed by atoms with E-state index in [4.69, 9.17) is 0 Å². The van der Waals surface area contributed by atoms with E-state index in [1.807, 2.05) is 0 Å². The van der Waals surface area contributed by atoms with Gasteiger partial charge in [0, 0.05) is 42.7 Å². The molecule has 2 amide bonds. The van der Waals surface area contributed by atoms with Crippen LogP contribution in [0.15, 0.2) is 24.3 Å². The monoisotopic (exact) mass is 398 g/mol. The summed E-state index contributed by atoms with van der Waals surface area (Å²) in [5.41, 5.74) is -0.648. The topological polar surface area (TPSA) is 127 Å². The molecular weight excluding hydrogens is 380 g/mol. The number of benzene rings is 2. The molecule has 1 fully saturated rings. The summed E-state index contributed by atoms with van der Waals surface area (Å²) < 4.78 is 0. The zero-order valence-electron chi connectivity index (χ0n) is 15.5. The molecule has 2 aromatic rings. The molecule has 0 unspecified atom stereocenters. The summed E-state index contributed by atoms with van der Waals surface area (Å²) in [5, 5.41) is 22.9. The molecule has 10 heteroatoms. The molecule has 29 heavy (non-hydrogen) atoms. The van der Waals surface area contributed by atoms with E-state index in [1.54, 1.807) is 0 Å². The number of non-ortho nitro benzene ring substituents is 2. The first-order valence-corrected chi connectivity index (χ1v) is 9.36. The summed E-state index contributed by atoms with van der Waals surface area (Å²) in [7, 11) is 0. The molecule has 0 bridgehead atoms. The largest absolute Gasteiger partial charge is 0.302 e. The fourth-order valence-electron chi connectivity index (χ4n) is 4.04. The Morgan fingerprint density at radius 1 is 0.793 bits per heavy atom. The van der Waals surface area contributed by atoms with Crippen molar-refractivity contribution in [1.29, 1.82) is 0 Å². The van der Waals surface area contributed by atoms with Crippen LogP contribution in [0, 0.1) is 20.2 Å². The molecule has 0 N–H and O–H groups in total. The number of rotatable bonds is 5. The lowest BCUT2D eigenvalue weighted by Crippen LogP contribution is -2.45. The van der Waals surface area contributed by atoms with Gasteiger partial charge in [0.1, 0.15) is 0 Å². The van der Waals surface area contributed by atoms with Crippen LogP contribution in [0.5, 0.6) is 0 Å². The zero-order chi connectivity index (χ0) is 20.7. The number of hydrogen-bond acceptors (Lipinski definition) is 7. The van der Waals surface area contributed by atoms with Crippen molar-refractivity contribution in [3.8, 4) is 0 Å². The maximum Gasteiger partial charge on any atom is 0.270 e. The van der Waals surface area contributed by atoms with Crippen LogP contribution in [-0.4, -0.2) is 57.6 Å². The van der Waals surface area contributed by atoms with E-state index < -0.39 is 21.7 Å². The highest BCUT2D eigenvalue weighted by Crippen LogP contribution is 2.36. The maximum absolute atomic E-state index is 13.0. The third-order valence-corrected chi connectivity index (χ3v) is 5.48. The van der Waals surface area contributed by atoms with Gasteiger partial charge in [0.05, 0.1) is 21.0 Å². The van der Waals surface area contributed by atoms with Gasteiger partial charge < -0.3 is 4.90 Å². The van der Waals surface area contributed by atoms with E-state index in [9.17, 15) is 29.8 Å². The number of imide groups is 1. The number of hydrogen-bond donors (Lipinski definition) is 0. The third kappa shape index (κ3) is 3.31. The van der Waals surface area contributed by atoms with Gasteiger partial charge in [-0.3, -0.25) is 34.7 Å². The highest BCUT2D eigenvalue weighted by Gasteiger charge is 2.36. The van der Waals surface area contributed by atoms with E-state index in [0.717, 1.165) is 61.5 Å². The van der Waals surface area contributed by atoms with E-state index in [1.165, 1.54) is 0 Å². The van der Waals surface area contributed by atoms with E-state index >= 15 is 0 Å². The molecule has 0 radical (unpaired) electrons. The zero-order valence-corrected chi connectivity index (χ0v) is 15.5. The summed E-state index contributed by atoms with van der Waals surface area (Å²) in [6.07, 6.45) is 3.27. The Hall–Kier alpha value is -3.40.